The molecule has 0 heterocycles. The van der Waals surface area contributed by atoms with E-state index in [2.05, 4.69) is 13.5 Å². The van der Waals surface area contributed by atoms with Gasteiger partial charge in [0, 0.05) is 12.5 Å². The number of rotatable bonds is 18. The van der Waals surface area contributed by atoms with Crippen LogP contribution in [-0.4, -0.2) is 30.8 Å². The van der Waals surface area contributed by atoms with Crippen LogP contribution in [0.25, 0.3) is 0 Å². The van der Waals surface area contributed by atoms with Gasteiger partial charge >= 0.3 is 11.9 Å². The maximum Gasteiger partial charge on any atom is 0.330 e. The molecule has 0 saturated heterocycles. The van der Waals surface area contributed by atoms with Gasteiger partial charge in [0.25, 0.3) is 0 Å². The Labute approximate surface area is 220 Å². The minimum Gasteiger partial charge on any atom is -0.463 e. The van der Waals surface area contributed by atoms with Crippen molar-refractivity contribution in [3.8, 4) is 0 Å². The highest BCUT2D eigenvalue weighted by Gasteiger charge is 2.36. The minimum atomic E-state index is -0.614. The van der Waals surface area contributed by atoms with Gasteiger partial charge in [-0.05, 0) is 82.0 Å². The second kappa shape index (κ2) is 18.8. The fourth-order valence-corrected chi connectivity index (χ4v) is 6.20. The van der Waals surface area contributed by atoms with Crippen molar-refractivity contribution >= 4 is 11.9 Å². The van der Waals surface area contributed by atoms with E-state index in [0.717, 1.165) is 77.0 Å². The fraction of sp³-hybridized carbons (Fsp3) is 0.871. The van der Waals surface area contributed by atoms with E-state index in [1.54, 1.807) is 0 Å². The maximum atomic E-state index is 14.9. The Balaban J connectivity index is 1.49. The molecule has 2 aliphatic rings. The number of esters is 2. The van der Waals surface area contributed by atoms with E-state index < -0.39 is 6.17 Å². The second-order valence-corrected chi connectivity index (χ2v) is 11.3. The molecule has 0 aliphatic heterocycles. The van der Waals surface area contributed by atoms with Crippen molar-refractivity contribution in [2.24, 2.45) is 17.8 Å². The van der Waals surface area contributed by atoms with Crippen molar-refractivity contribution in [1.29, 1.82) is 0 Å². The zero-order valence-corrected chi connectivity index (χ0v) is 23.0. The largest absolute Gasteiger partial charge is 0.463 e. The lowest BCUT2D eigenvalue weighted by Crippen LogP contribution is -2.33. The molecule has 0 bridgehead atoms. The number of carbonyl (C=O) groups is 2. The zero-order chi connectivity index (χ0) is 26.0. The molecule has 208 valence electrons. The number of halogens is 1. The van der Waals surface area contributed by atoms with Gasteiger partial charge in [-0.25, -0.2) is 9.18 Å². The average molecular weight is 509 g/mol. The number of carbonyl (C=O) groups excluding carboxylic acids is 2. The number of ether oxygens (including phenoxy) is 2. The fourth-order valence-electron chi connectivity index (χ4n) is 6.20. The van der Waals surface area contributed by atoms with Crippen LogP contribution in [0.15, 0.2) is 12.7 Å². The first-order valence-corrected chi connectivity index (χ1v) is 15.2. The Kier molecular flexibility index (Phi) is 16.1. The molecule has 3 unspecified atom stereocenters. The Hall–Kier alpha value is -1.39. The summed E-state index contributed by atoms with van der Waals surface area (Å²) in [5, 5.41) is 0. The molecular formula is C31H53FO4. The average Bonchev–Trinajstić information content (AvgIpc) is 2.88. The van der Waals surface area contributed by atoms with Crippen molar-refractivity contribution in [2.45, 2.75) is 148 Å². The van der Waals surface area contributed by atoms with Gasteiger partial charge in [0.15, 0.2) is 0 Å². The van der Waals surface area contributed by atoms with Gasteiger partial charge in [-0.1, -0.05) is 71.3 Å². The summed E-state index contributed by atoms with van der Waals surface area (Å²) in [6, 6.07) is 0. The molecule has 0 N–H and O–H groups in total. The Morgan fingerprint density at radius 3 is 2.17 bits per heavy atom. The van der Waals surface area contributed by atoms with Gasteiger partial charge in [-0.15, -0.1) is 0 Å². The predicted octanol–water partition coefficient (Wildman–Crippen LogP) is 8.66. The van der Waals surface area contributed by atoms with E-state index in [0.29, 0.717) is 30.8 Å². The summed E-state index contributed by atoms with van der Waals surface area (Å²) in [5.74, 6) is 0.984. The minimum absolute atomic E-state index is 0.0542. The standard InChI is InChI=1S/C31H53FO4/c1-3-5-6-7-9-12-15-26-17-18-27(24-29(26)32)25-19-21-28(22-20-25)36-31(34)16-13-10-8-11-14-23-35-30(33)4-2/h4,25-29H,2-3,5-24H2,1H3. The summed E-state index contributed by atoms with van der Waals surface area (Å²) in [6.07, 6.45) is 21.6. The van der Waals surface area contributed by atoms with E-state index in [1.165, 1.54) is 51.0 Å². The first-order chi connectivity index (χ1) is 17.5. The highest BCUT2D eigenvalue weighted by molar-refractivity contribution is 5.81. The molecule has 5 heteroatoms. The van der Waals surface area contributed by atoms with E-state index in [1.807, 2.05) is 0 Å². The van der Waals surface area contributed by atoms with Crippen LogP contribution in [-0.2, 0) is 19.1 Å². The molecule has 0 radical (unpaired) electrons. The van der Waals surface area contributed by atoms with Crippen LogP contribution < -0.4 is 0 Å². The van der Waals surface area contributed by atoms with Crippen molar-refractivity contribution in [3.63, 3.8) is 0 Å². The summed E-state index contributed by atoms with van der Waals surface area (Å²) >= 11 is 0. The quantitative estimate of drug-likeness (QED) is 0.106. The maximum absolute atomic E-state index is 14.9. The Morgan fingerprint density at radius 1 is 0.833 bits per heavy atom. The van der Waals surface area contributed by atoms with Crippen molar-refractivity contribution < 1.29 is 23.5 Å². The lowest BCUT2D eigenvalue weighted by Gasteiger charge is -2.39. The van der Waals surface area contributed by atoms with E-state index >= 15 is 0 Å². The molecule has 2 fully saturated rings. The van der Waals surface area contributed by atoms with Crippen LogP contribution in [0.2, 0.25) is 0 Å². The number of unbranched alkanes of at least 4 members (excludes halogenated alkanes) is 9. The van der Waals surface area contributed by atoms with E-state index in [4.69, 9.17) is 9.47 Å². The lowest BCUT2D eigenvalue weighted by atomic mass is 9.69. The van der Waals surface area contributed by atoms with Crippen LogP contribution >= 0.6 is 0 Å². The molecule has 2 saturated carbocycles. The van der Waals surface area contributed by atoms with Crippen molar-refractivity contribution in [2.75, 3.05) is 6.61 Å². The molecule has 0 spiro atoms. The SMILES string of the molecule is C=CC(=O)OCCCCCCCC(=O)OC1CCC(C2CCC(CCCCCCCC)C(F)C2)CC1. The molecule has 2 aliphatic carbocycles. The van der Waals surface area contributed by atoms with Gasteiger partial charge in [0.2, 0.25) is 0 Å². The van der Waals surface area contributed by atoms with Gasteiger partial charge in [0.05, 0.1) is 6.61 Å². The third kappa shape index (κ3) is 12.7. The third-order valence-electron chi connectivity index (χ3n) is 8.50. The number of alkyl halides is 1. The normalized spacial score (nSPS) is 26.3. The summed E-state index contributed by atoms with van der Waals surface area (Å²) < 4.78 is 25.6. The highest BCUT2D eigenvalue weighted by atomic mass is 19.1. The zero-order valence-electron chi connectivity index (χ0n) is 23.0. The van der Waals surface area contributed by atoms with Crippen LogP contribution in [0.3, 0.4) is 0 Å². The van der Waals surface area contributed by atoms with Gasteiger partial charge < -0.3 is 9.47 Å². The second-order valence-electron chi connectivity index (χ2n) is 11.3. The first-order valence-electron chi connectivity index (χ1n) is 15.2. The lowest BCUT2D eigenvalue weighted by molar-refractivity contribution is -0.151. The molecule has 0 amide bonds. The third-order valence-corrected chi connectivity index (χ3v) is 8.50. The number of hydrogen-bond acceptors (Lipinski definition) is 4. The van der Waals surface area contributed by atoms with E-state index in [-0.39, 0.29) is 18.0 Å². The molecule has 2 rings (SSSR count). The molecule has 36 heavy (non-hydrogen) atoms. The predicted molar refractivity (Wildman–Crippen MR) is 144 cm³/mol. The molecule has 0 aromatic carbocycles. The molecular weight excluding hydrogens is 455 g/mol. The van der Waals surface area contributed by atoms with Crippen LogP contribution in [0.5, 0.6) is 0 Å². The van der Waals surface area contributed by atoms with Gasteiger partial charge in [-0.2, -0.15) is 0 Å². The van der Waals surface area contributed by atoms with Crippen molar-refractivity contribution in [1.82, 2.24) is 0 Å². The first kappa shape index (κ1) is 30.8. The molecule has 0 aromatic heterocycles. The highest BCUT2D eigenvalue weighted by Crippen LogP contribution is 2.42. The summed E-state index contributed by atoms with van der Waals surface area (Å²) in [7, 11) is 0. The number of hydrogen-bond donors (Lipinski definition) is 0. The summed E-state index contributed by atoms with van der Waals surface area (Å²) in [6.45, 7) is 6.05. The van der Waals surface area contributed by atoms with Crippen LogP contribution in [0, 0.1) is 17.8 Å². The van der Waals surface area contributed by atoms with E-state index in [9.17, 15) is 14.0 Å². The van der Waals surface area contributed by atoms with Gasteiger partial charge in [0.1, 0.15) is 12.3 Å². The van der Waals surface area contributed by atoms with Crippen LogP contribution in [0.4, 0.5) is 4.39 Å². The van der Waals surface area contributed by atoms with Gasteiger partial charge in [-0.3, -0.25) is 4.79 Å². The molecule has 0 aromatic rings. The van der Waals surface area contributed by atoms with Crippen LogP contribution in [0.1, 0.15) is 135 Å². The molecule has 3 atom stereocenters. The Morgan fingerprint density at radius 2 is 1.47 bits per heavy atom. The monoisotopic (exact) mass is 508 g/mol. The van der Waals surface area contributed by atoms with Crippen molar-refractivity contribution in [3.05, 3.63) is 12.7 Å². The summed E-state index contributed by atoms with van der Waals surface area (Å²) in [4.78, 5) is 23.2. The summed E-state index contributed by atoms with van der Waals surface area (Å²) in [5.41, 5.74) is 0. The molecule has 4 nitrogen and oxygen atoms in total. The topological polar surface area (TPSA) is 52.6 Å². The smallest absolute Gasteiger partial charge is 0.330 e. The Bertz CT molecular complexity index is 614.